The lowest BCUT2D eigenvalue weighted by Gasteiger charge is -2.26. The summed E-state index contributed by atoms with van der Waals surface area (Å²) >= 11 is 1.71. The zero-order valence-corrected chi connectivity index (χ0v) is 23.1. The second kappa shape index (κ2) is 12.3. The maximum Gasteiger partial charge on any atom is 0.243 e. The van der Waals surface area contributed by atoms with Crippen molar-refractivity contribution in [3.05, 3.63) is 53.6 Å². The van der Waals surface area contributed by atoms with E-state index in [1.54, 1.807) is 23.9 Å². The molecule has 5 rings (SSSR count). The Hall–Kier alpha value is -1.95. The van der Waals surface area contributed by atoms with Crippen LogP contribution < -0.4 is 0 Å². The Balaban J connectivity index is 1.38. The van der Waals surface area contributed by atoms with Gasteiger partial charge in [0, 0.05) is 45.0 Å². The van der Waals surface area contributed by atoms with Crippen LogP contribution in [0.2, 0.25) is 0 Å². The van der Waals surface area contributed by atoms with E-state index in [0.717, 1.165) is 74.2 Å². The number of sulfonamides is 1. The Bertz CT molecular complexity index is 1280. The van der Waals surface area contributed by atoms with Gasteiger partial charge in [-0.2, -0.15) is 4.31 Å². The number of morpholine rings is 2. The van der Waals surface area contributed by atoms with Crippen LogP contribution in [0, 0.1) is 0 Å². The molecule has 8 nitrogen and oxygen atoms in total. The average molecular weight is 545 g/mol. The molecule has 0 spiro atoms. The Morgan fingerprint density at radius 2 is 1.57 bits per heavy atom. The molecular formula is C27H36N4O4S2. The van der Waals surface area contributed by atoms with Crippen LogP contribution in [0.4, 0.5) is 0 Å². The van der Waals surface area contributed by atoms with Crippen molar-refractivity contribution in [1.82, 2.24) is 18.8 Å². The van der Waals surface area contributed by atoms with Crippen LogP contribution >= 0.6 is 11.8 Å². The van der Waals surface area contributed by atoms with Crippen LogP contribution in [0.5, 0.6) is 0 Å². The van der Waals surface area contributed by atoms with Gasteiger partial charge in [0.1, 0.15) is 0 Å². The zero-order chi connectivity index (χ0) is 25.7. The third-order valence-electron chi connectivity index (χ3n) is 7.05. The summed E-state index contributed by atoms with van der Waals surface area (Å²) in [7, 11) is -3.57. The number of imidazole rings is 1. The van der Waals surface area contributed by atoms with Gasteiger partial charge in [0.2, 0.25) is 10.0 Å². The highest BCUT2D eigenvalue weighted by Crippen LogP contribution is 2.30. The van der Waals surface area contributed by atoms with Crippen molar-refractivity contribution in [2.24, 2.45) is 0 Å². The van der Waals surface area contributed by atoms with E-state index in [4.69, 9.17) is 14.5 Å². The molecule has 0 bridgehead atoms. The molecule has 10 heteroatoms. The van der Waals surface area contributed by atoms with E-state index < -0.39 is 10.0 Å². The summed E-state index contributed by atoms with van der Waals surface area (Å²) in [6, 6.07) is 14.1. The monoisotopic (exact) mass is 544 g/mol. The molecule has 2 aliphatic heterocycles. The number of aryl methyl sites for hydroxylation is 2. The quantitative estimate of drug-likeness (QED) is 0.361. The maximum atomic E-state index is 13.2. The summed E-state index contributed by atoms with van der Waals surface area (Å²) in [5.41, 5.74) is 4.29. The molecule has 2 aromatic carbocycles. The molecule has 0 saturated carbocycles. The highest BCUT2D eigenvalue weighted by atomic mass is 32.2. The minimum Gasteiger partial charge on any atom is -0.379 e. The molecule has 0 N–H and O–H groups in total. The van der Waals surface area contributed by atoms with Crippen molar-refractivity contribution >= 4 is 32.8 Å². The highest BCUT2D eigenvalue weighted by Gasteiger charge is 2.27. The third-order valence-corrected chi connectivity index (χ3v) is 9.99. The third kappa shape index (κ3) is 6.38. The van der Waals surface area contributed by atoms with Gasteiger partial charge in [-0.1, -0.05) is 43.0 Å². The number of rotatable bonds is 10. The summed E-state index contributed by atoms with van der Waals surface area (Å²) in [4.78, 5) is 7.67. The molecular weight excluding hydrogens is 508 g/mol. The normalized spacial score (nSPS) is 18.0. The lowest BCUT2D eigenvalue weighted by Crippen LogP contribution is -2.40. The molecule has 200 valence electrons. The lowest BCUT2D eigenvalue weighted by atomic mass is 10.1. The minimum atomic E-state index is -3.57. The van der Waals surface area contributed by atoms with Crippen molar-refractivity contribution in [2.75, 3.05) is 59.2 Å². The topological polar surface area (TPSA) is 76.9 Å². The van der Waals surface area contributed by atoms with Crippen LogP contribution in [-0.4, -0.2) is 86.3 Å². The summed E-state index contributed by atoms with van der Waals surface area (Å²) < 4.78 is 41.1. The van der Waals surface area contributed by atoms with Crippen molar-refractivity contribution < 1.29 is 17.9 Å². The van der Waals surface area contributed by atoms with E-state index in [2.05, 4.69) is 40.7 Å². The van der Waals surface area contributed by atoms with Crippen LogP contribution in [0.25, 0.3) is 11.0 Å². The molecule has 0 unspecified atom stereocenters. The largest absolute Gasteiger partial charge is 0.379 e. The molecule has 1 aromatic heterocycles. The first-order valence-corrected chi connectivity index (χ1v) is 15.6. The van der Waals surface area contributed by atoms with Gasteiger partial charge in [-0.05, 0) is 42.2 Å². The van der Waals surface area contributed by atoms with Gasteiger partial charge in [0.05, 0.1) is 42.4 Å². The van der Waals surface area contributed by atoms with Gasteiger partial charge < -0.3 is 14.0 Å². The highest BCUT2D eigenvalue weighted by molar-refractivity contribution is 7.98. The number of hydrogen-bond donors (Lipinski definition) is 0. The van der Waals surface area contributed by atoms with Gasteiger partial charge in [0.15, 0.2) is 5.16 Å². The number of nitrogens with zero attached hydrogens (tertiary/aromatic N) is 4. The molecule has 0 aliphatic carbocycles. The molecule has 0 amide bonds. The molecule has 3 heterocycles. The fraction of sp³-hybridized carbons (Fsp3) is 0.519. The summed E-state index contributed by atoms with van der Waals surface area (Å²) in [5, 5.41) is 0.928. The van der Waals surface area contributed by atoms with E-state index in [-0.39, 0.29) is 0 Å². The van der Waals surface area contributed by atoms with Crippen LogP contribution in [-0.2, 0) is 38.2 Å². The minimum absolute atomic E-state index is 0.298. The van der Waals surface area contributed by atoms with Gasteiger partial charge in [0.25, 0.3) is 0 Å². The summed E-state index contributed by atoms with van der Waals surface area (Å²) in [6.45, 7) is 9.18. The van der Waals surface area contributed by atoms with Gasteiger partial charge >= 0.3 is 0 Å². The number of ether oxygens (including phenoxy) is 2. The molecule has 2 fully saturated rings. The van der Waals surface area contributed by atoms with Crippen molar-refractivity contribution in [3.63, 3.8) is 0 Å². The Labute approximate surface area is 224 Å². The van der Waals surface area contributed by atoms with Gasteiger partial charge in [-0.25, -0.2) is 13.4 Å². The second-order valence-corrected chi connectivity index (χ2v) is 12.4. The fourth-order valence-corrected chi connectivity index (χ4v) is 7.23. The first-order chi connectivity index (χ1) is 18.0. The van der Waals surface area contributed by atoms with Crippen LogP contribution in [0.15, 0.2) is 52.5 Å². The summed E-state index contributed by atoms with van der Waals surface area (Å²) in [5.74, 6) is 0.815. The lowest BCUT2D eigenvalue weighted by molar-refractivity contribution is 0.0369. The second-order valence-electron chi connectivity index (χ2n) is 9.48. The van der Waals surface area contributed by atoms with Gasteiger partial charge in [-0.15, -0.1) is 0 Å². The van der Waals surface area contributed by atoms with Crippen LogP contribution in [0.1, 0.15) is 24.5 Å². The van der Waals surface area contributed by atoms with Crippen molar-refractivity contribution in [1.29, 1.82) is 0 Å². The fourth-order valence-electron chi connectivity index (χ4n) is 4.81. The predicted molar refractivity (Wildman–Crippen MR) is 147 cm³/mol. The maximum absolute atomic E-state index is 13.2. The Morgan fingerprint density at radius 1 is 0.892 bits per heavy atom. The Kier molecular flexibility index (Phi) is 8.84. The number of benzene rings is 2. The molecule has 2 saturated heterocycles. The van der Waals surface area contributed by atoms with Crippen molar-refractivity contribution in [2.45, 2.75) is 42.1 Å². The molecule has 3 aromatic rings. The smallest absolute Gasteiger partial charge is 0.243 e. The van der Waals surface area contributed by atoms with Crippen molar-refractivity contribution in [3.8, 4) is 0 Å². The predicted octanol–water partition coefficient (Wildman–Crippen LogP) is 3.63. The van der Waals surface area contributed by atoms with E-state index in [1.165, 1.54) is 15.4 Å². The van der Waals surface area contributed by atoms with E-state index in [9.17, 15) is 8.42 Å². The van der Waals surface area contributed by atoms with Crippen LogP contribution in [0.3, 0.4) is 0 Å². The molecule has 0 radical (unpaired) electrons. The first-order valence-electron chi connectivity index (χ1n) is 13.1. The zero-order valence-electron chi connectivity index (χ0n) is 21.5. The molecule has 2 aliphatic rings. The van der Waals surface area contributed by atoms with E-state index >= 15 is 0 Å². The molecule has 37 heavy (non-hydrogen) atoms. The Morgan fingerprint density at radius 3 is 2.27 bits per heavy atom. The molecule has 0 atom stereocenters. The average Bonchev–Trinajstić information content (AvgIpc) is 3.30. The number of hydrogen-bond acceptors (Lipinski definition) is 7. The number of aromatic nitrogens is 2. The van der Waals surface area contributed by atoms with E-state index in [1.807, 2.05) is 6.07 Å². The van der Waals surface area contributed by atoms with Gasteiger partial charge in [-0.3, -0.25) is 4.90 Å². The standard InChI is InChI=1S/C27H36N4O4S2/c1-2-22-4-6-23(7-5-22)21-36-27-28-25-20-24(37(32,33)30-14-18-35-19-15-30)8-9-26(25)31(27)11-3-10-29-12-16-34-17-13-29/h4-9,20H,2-3,10-19,21H2,1H3. The number of thioether (sulfide) groups is 1. The summed E-state index contributed by atoms with van der Waals surface area (Å²) in [6.07, 6.45) is 2.03. The number of fused-ring (bicyclic) bond motifs is 1. The van der Waals surface area contributed by atoms with E-state index in [0.29, 0.717) is 31.2 Å². The first kappa shape index (κ1) is 26.6. The SMILES string of the molecule is CCc1ccc(CSc2nc3cc(S(=O)(=O)N4CCOCC4)ccc3n2CCCN2CCOCC2)cc1.